The Morgan fingerprint density at radius 3 is 1.83 bits per heavy atom. The van der Waals surface area contributed by atoms with Crippen LogP contribution < -0.4 is 0 Å². The second-order valence-electron chi connectivity index (χ2n) is 5.28. The molecule has 102 valence electrons. The van der Waals surface area contributed by atoms with E-state index in [9.17, 15) is 5.11 Å². The molecule has 1 N–H and O–H groups in total. The van der Waals surface area contributed by atoms with Crippen molar-refractivity contribution in [2.45, 2.75) is 65.4 Å². The molecule has 0 radical (unpaired) electrons. The molecule has 0 bridgehead atoms. The summed E-state index contributed by atoms with van der Waals surface area (Å²) in [6, 6.07) is 8.68. The summed E-state index contributed by atoms with van der Waals surface area (Å²) >= 11 is 0. The zero-order valence-electron chi connectivity index (χ0n) is 12.2. The first kappa shape index (κ1) is 15.2. The highest BCUT2D eigenvalue weighted by Crippen LogP contribution is 2.21. The maximum Gasteiger partial charge on any atom is 0.0608 e. The van der Waals surface area contributed by atoms with Gasteiger partial charge in [0.1, 0.15) is 0 Å². The molecule has 0 aliphatic rings. The molecule has 0 aliphatic carbocycles. The molecule has 1 rings (SSSR count). The first-order chi connectivity index (χ1) is 8.71. The number of hydrogen-bond donors (Lipinski definition) is 1. The minimum atomic E-state index is -0.183. The Balaban J connectivity index is 2.57. The standard InChI is InChI=1S/C17H28O/c1-4-7-16(8-5-2)17(18)13-15-11-9-14(6-3)10-12-15/h9-12,16-18H,4-8,13H2,1-3H3. The third kappa shape index (κ3) is 4.81. The first-order valence-electron chi connectivity index (χ1n) is 7.47. The summed E-state index contributed by atoms with van der Waals surface area (Å²) < 4.78 is 0. The lowest BCUT2D eigenvalue weighted by molar-refractivity contribution is 0.0963. The monoisotopic (exact) mass is 248 g/mol. The number of aryl methyl sites for hydroxylation is 1. The summed E-state index contributed by atoms with van der Waals surface area (Å²) in [6.07, 6.45) is 6.31. The Labute approximate surface area is 112 Å². The van der Waals surface area contributed by atoms with Crippen molar-refractivity contribution in [3.05, 3.63) is 35.4 Å². The van der Waals surface area contributed by atoms with Gasteiger partial charge in [0.25, 0.3) is 0 Å². The van der Waals surface area contributed by atoms with Crippen LogP contribution >= 0.6 is 0 Å². The molecule has 18 heavy (non-hydrogen) atoms. The molecule has 1 nitrogen and oxygen atoms in total. The quantitative estimate of drug-likeness (QED) is 0.724. The molecule has 1 aromatic carbocycles. The maximum absolute atomic E-state index is 10.4. The fourth-order valence-corrected chi connectivity index (χ4v) is 2.59. The fourth-order valence-electron chi connectivity index (χ4n) is 2.59. The number of hydrogen-bond acceptors (Lipinski definition) is 1. The molecule has 0 spiro atoms. The molecular weight excluding hydrogens is 220 g/mol. The van der Waals surface area contributed by atoms with E-state index in [0.29, 0.717) is 5.92 Å². The van der Waals surface area contributed by atoms with E-state index in [0.717, 1.165) is 38.5 Å². The average Bonchev–Trinajstić information content (AvgIpc) is 2.39. The number of aliphatic hydroxyl groups excluding tert-OH is 1. The van der Waals surface area contributed by atoms with E-state index in [1.54, 1.807) is 0 Å². The van der Waals surface area contributed by atoms with Gasteiger partial charge in [-0.3, -0.25) is 0 Å². The van der Waals surface area contributed by atoms with Gasteiger partial charge in [-0.1, -0.05) is 57.9 Å². The van der Waals surface area contributed by atoms with Crippen molar-refractivity contribution in [3.8, 4) is 0 Å². The van der Waals surface area contributed by atoms with Gasteiger partial charge >= 0.3 is 0 Å². The number of benzene rings is 1. The van der Waals surface area contributed by atoms with Crippen LogP contribution in [-0.4, -0.2) is 11.2 Å². The van der Waals surface area contributed by atoms with E-state index >= 15 is 0 Å². The first-order valence-corrected chi connectivity index (χ1v) is 7.47. The molecule has 0 heterocycles. The van der Waals surface area contributed by atoms with Crippen LogP contribution in [0.5, 0.6) is 0 Å². The van der Waals surface area contributed by atoms with Crippen LogP contribution in [0.25, 0.3) is 0 Å². The van der Waals surface area contributed by atoms with Gasteiger partial charge in [0.15, 0.2) is 0 Å². The lowest BCUT2D eigenvalue weighted by Gasteiger charge is -2.22. The minimum Gasteiger partial charge on any atom is -0.392 e. The molecule has 1 heteroatoms. The zero-order chi connectivity index (χ0) is 13.4. The molecule has 0 saturated heterocycles. The van der Waals surface area contributed by atoms with E-state index in [-0.39, 0.29) is 6.10 Å². The summed E-state index contributed by atoms with van der Waals surface area (Å²) in [5, 5.41) is 10.4. The van der Waals surface area contributed by atoms with Crippen molar-refractivity contribution in [1.29, 1.82) is 0 Å². The van der Waals surface area contributed by atoms with Gasteiger partial charge in [-0.25, -0.2) is 0 Å². The van der Waals surface area contributed by atoms with Crippen LogP contribution in [-0.2, 0) is 12.8 Å². The van der Waals surface area contributed by atoms with Crippen molar-refractivity contribution < 1.29 is 5.11 Å². The molecule has 0 fully saturated rings. The lowest BCUT2D eigenvalue weighted by Crippen LogP contribution is -2.22. The highest BCUT2D eigenvalue weighted by atomic mass is 16.3. The van der Waals surface area contributed by atoms with Gasteiger partial charge in [0.05, 0.1) is 6.10 Å². The molecule has 0 aromatic heterocycles. The zero-order valence-corrected chi connectivity index (χ0v) is 12.2. The van der Waals surface area contributed by atoms with Gasteiger partial charge in [-0.15, -0.1) is 0 Å². The third-order valence-electron chi connectivity index (χ3n) is 3.74. The van der Waals surface area contributed by atoms with Crippen molar-refractivity contribution in [1.82, 2.24) is 0 Å². The van der Waals surface area contributed by atoms with Gasteiger partial charge in [0.2, 0.25) is 0 Å². The second-order valence-corrected chi connectivity index (χ2v) is 5.28. The SMILES string of the molecule is CCCC(CCC)C(O)Cc1ccc(CC)cc1. The van der Waals surface area contributed by atoms with E-state index in [1.165, 1.54) is 11.1 Å². The third-order valence-corrected chi connectivity index (χ3v) is 3.74. The van der Waals surface area contributed by atoms with Gasteiger partial charge < -0.3 is 5.11 Å². The van der Waals surface area contributed by atoms with Gasteiger partial charge in [0, 0.05) is 0 Å². The summed E-state index contributed by atoms with van der Waals surface area (Å²) in [5.41, 5.74) is 2.63. The molecule has 1 atom stereocenters. The molecule has 0 amide bonds. The van der Waals surface area contributed by atoms with E-state index in [4.69, 9.17) is 0 Å². The van der Waals surface area contributed by atoms with Gasteiger partial charge in [-0.05, 0) is 42.7 Å². The maximum atomic E-state index is 10.4. The van der Waals surface area contributed by atoms with Crippen molar-refractivity contribution in [2.24, 2.45) is 5.92 Å². The summed E-state index contributed by atoms with van der Waals surface area (Å²) in [5.74, 6) is 0.464. The van der Waals surface area contributed by atoms with E-state index in [2.05, 4.69) is 45.0 Å². The summed E-state index contributed by atoms with van der Waals surface area (Å²) in [6.45, 7) is 6.57. The van der Waals surface area contributed by atoms with Crippen LogP contribution in [0.15, 0.2) is 24.3 Å². The average molecular weight is 248 g/mol. The van der Waals surface area contributed by atoms with Crippen molar-refractivity contribution in [2.75, 3.05) is 0 Å². The normalized spacial score (nSPS) is 12.9. The Morgan fingerprint density at radius 1 is 0.889 bits per heavy atom. The van der Waals surface area contributed by atoms with Crippen LogP contribution in [0.4, 0.5) is 0 Å². The Bertz CT molecular complexity index is 309. The fraction of sp³-hybridized carbons (Fsp3) is 0.647. The van der Waals surface area contributed by atoms with E-state index in [1.807, 2.05) is 0 Å². The van der Waals surface area contributed by atoms with Crippen molar-refractivity contribution in [3.63, 3.8) is 0 Å². The predicted octanol–water partition coefficient (Wildman–Crippen LogP) is 4.37. The highest BCUT2D eigenvalue weighted by molar-refractivity contribution is 5.23. The van der Waals surface area contributed by atoms with Crippen LogP contribution in [0.2, 0.25) is 0 Å². The Hall–Kier alpha value is -0.820. The summed E-state index contributed by atoms with van der Waals surface area (Å²) in [7, 11) is 0. The second kappa shape index (κ2) is 8.31. The smallest absolute Gasteiger partial charge is 0.0608 e. The molecule has 1 unspecified atom stereocenters. The van der Waals surface area contributed by atoms with Crippen molar-refractivity contribution >= 4 is 0 Å². The predicted molar refractivity (Wildman–Crippen MR) is 78.8 cm³/mol. The molecule has 1 aromatic rings. The van der Waals surface area contributed by atoms with Gasteiger partial charge in [-0.2, -0.15) is 0 Å². The minimum absolute atomic E-state index is 0.183. The Morgan fingerprint density at radius 2 is 1.39 bits per heavy atom. The topological polar surface area (TPSA) is 20.2 Å². The van der Waals surface area contributed by atoms with Crippen LogP contribution in [0.1, 0.15) is 57.6 Å². The summed E-state index contributed by atoms with van der Waals surface area (Å²) in [4.78, 5) is 0. The highest BCUT2D eigenvalue weighted by Gasteiger charge is 2.17. The molecular formula is C17H28O. The van der Waals surface area contributed by atoms with Crippen LogP contribution in [0.3, 0.4) is 0 Å². The molecule has 0 saturated carbocycles. The van der Waals surface area contributed by atoms with Crippen LogP contribution in [0, 0.1) is 5.92 Å². The Kier molecular flexibility index (Phi) is 7.04. The largest absolute Gasteiger partial charge is 0.392 e. The lowest BCUT2D eigenvalue weighted by atomic mass is 9.88. The number of rotatable bonds is 8. The number of aliphatic hydroxyl groups is 1. The van der Waals surface area contributed by atoms with E-state index < -0.39 is 0 Å². The molecule has 0 aliphatic heterocycles.